The zero-order valence-electron chi connectivity index (χ0n) is 10.1. The fourth-order valence-corrected chi connectivity index (χ4v) is 2.31. The van der Waals surface area contributed by atoms with Crippen LogP contribution in [0.1, 0.15) is 31.7 Å². The van der Waals surface area contributed by atoms with Gasteiger partial charge >= 0.3 is 6.36 Å². The van der Waals surface area contributed by atoms with E-state index in [-0.39, 0.29) is 5.92 Å². The fraction of sp³-hybridized carbons (Fsp3) is 0.538. The lowest BCUT2D eigenvalue weighted by atomic mass is 10.0. The predicted molar refractivity (Wildman–Crippen MR) is 58.8 cm³/mol. The Morgan fingerprint density at radius 3 is 2.39 bits per heavy atom. The van der Waals surface area contributed by atoms with Gasteiger partial charge in [-0.3, -0.25) is 0 Å². The quantitative estimate of drug-likeness (QED) is 0.729. The Balaban J connectivity index is 2.12. The van der Waals surface area contributed by atoms with Gasteiger partial charge in [0.15, 0.2) is 0 Å². The largest absolute Gasteiger partial charge is 0.573 e. The summed E-state index contributed by atoms with van der Waals surface area (Å²) in [6.07, 6.45) is -3.89. The highest BCUT2D eigenvalue weighted by Crippen LogP contribution is 2.52. The van der Waals surface area contributed by atoms with Crippen molar-refractivity contribution in [3.8, 4) is 5.75 Å². The number of ether oxygens (including phenoxy) is 1. The number of hydrogen-bond acceptors (Lipinski definition) is 1. The van der Waals surface area contributed by atoms with Gasteiger partial charge in [0.05, 0.1) is 0 Å². The fourth-order valence-electron chi connectivity index (χ4n) is 2.31. The summed E-state index contributed by atoms with van der Waals surface area (Å²) in [5.74, 6) is -0.116. The Morgan fingerprint density at radius 2 is 1.94 bits per heavy atom. The first-order valence-electron chi connectivity index (χ1n) is 5.83. The molecule has 100 valence electrons. The van der Waals surface area contributed by atoms with Crippen molar-refractivity contribution in [3.05, 3.63) is 29.6 Å². The van der Waals surface area contributed by atoms with Gasteiger partial charge in [-0.1, -0.05) is 19.9 Å². The molecule has 1 fully saturated rings. The van der Waals surface area contributed by atoms with Crippen molar-refractivity contribution in [3.63, 3.8) is 0 Å². The molecule has 0 unspecified atom stereocenters. The van der Waals surface area contributed by atoms with Crippen LogP contribution in [0.3, 0.4) is 0 Å². The van der Waals surface area contributed by atoms with Crippen molar-refractivity contribution in [2.75, 3.05) is 0 Å². The SMILES string of the molecule is CC(C)[C@H]1C[C@@H]1c1ccc(OC(F)(F)F)cc1F. The highest BCUT2D eigenvalue weighted by atomic mass is 19.4. The van der Waals surface area contributed by atoms with Gasteiger partial charge in [-0.05, 0) is 35.8 Å². The molecular formula is C13H14F4O. The van der Waals surface area contributed by atoms with Crippen molar-refractivity contribution in [2.24, 2.45) is 11.8 Å². The van der Waals surface area contributed by atoms with Gasteiger partial charge in [0.25, 0.3) is 0 Å². The Kier molecular flexibility index (Phi) is 3.25. The van der Waals surface area contributed by atoms with Crippen molar-refractivity contribution >= 4 is 0 Å². The Labute approximate surface area is 103 Å². The Bertz CT molecular complexity index is 439. The zero-order chi connectivity index (χ0) is 13.5. The molecular weight excluding hydrogens is 248 g/mol. The molecule has 0 radical (unpaired) electrons. The summed E-state index contributed by atoms with van der Waals surface area (Å²) in [4.78, 5) is 0. The first-order valence-corrected chi connectivity index (χ1v) is 5.83. The molecule has 5 heteroatoms. The molecule has 0 aliphatic heterocycles. The van der Waals surface area contributed by atoms with E-state index in [0.29, 0.717) is 17.4 Å². The van der Waals surface area contributed by atoms with Crippen LogP contribution in [0, 0.1) is 17.7 Å². The van der Waals surface area contributed by atoms with Crippen LogP contribution in [-0.4, -0.2) is 6.36 Å². The maximum atomic E-state index is 13.7. The van der Waals surface area contributed by atoms with Crippen LogP contribution in [-0.2, 0) is 0 Å². The molecule has 0 spiro atoms. The molecule has 0 N–H and O–H groups in total. The molecule has 1 saturated carbocycles. The minimum atomic E-state index is -4.78. The molecule has 2 rings (SSSR count). The van der Waals surface area contributed by atoms with Crippen molar-refractivity contribution in [1.29, 1.82) is 0 Å². The highest BCUT2D eigenvalue weighted by molar-refractivity contribution is 5.34. The average molecular weight is 262 g/mol. The van der Waals surface area contributed by atoms with E-state index in [1.165, 1.54) is 12.1 Å². The van der Waals surface area contributed by atoms with E-state index < -0.39 is 17.9 Å². The molecule has 0 saturated heterocycles. The van der Waals surface area contributed by atoms with Crippen molar-refractivity contribution in [2.45, 2.75) is 32.5 Å². The average Bonchev–Trinajstić information content (AvgIpc) is 2.94. The molecule has 1 aromatic carbocycles. The second kappa shape index (κ2) is 4.44. The summed E-state index contributed by atoms with van der Waals surface area (Å²) >= 11 is 0. The number of hydrogen-bond donors (Lipinski definition) is 0. The van der Waals surface area contributed by atoms with Gasteiger partial charge in [-0.2, -0.15) is 0 Å². The van der Waals surface area contributed by atoms with E-state index in [1.54, 1.807) is 0 Å². The normalized spacial score (nSPS) is 23.3. The number of benzene rings is 1. The lowest BCUT2D eigenvalue weighted by Crippen LogP contribution is -2.17. The number of rotatable bonds is 3. The minimum absolute atomic E-state index is 0.130. The maximum absolute atomic E-state index is 13.7. The molecule has 1 aromatic rings. The third kappa shape index (κ3) is 2.94. The third-order valence-electron chi connectivity index (χ3n) is 3.30. The maximum Gasteiger partial charge on any atom is 0.573 e. The standard InChI is InChI=1S/C13H14F4O/c1-7(2)10-6-11(10)9-4-3-8(5-12(9)14)18-13(15,16)17/h3-5,7,10-11H,6H2,1-2H3/t10-,11-/m1/s1. The van der Waals surface area contributed by atoms with Gasteiger partial charge in [-0.15, -0.1) is 13.2 Å². The first-order chi connectivity index (χ1) is 8.28. The summed E-state index contributed by atoms with van der Waals surface area (Å²) in [6.45, 7) is 4.12. The molecule has 0 aromatic heterocycles. The monoisotopic (exact) mass is 262 g/mol. The van der Waals surface area contributed by atoms with Crippen LogP contribution in [0.4, 0.5) is 17.6 Å². The molecule has 1 nitrogen and oxygen atoms in total. The van der Waals surface area contributed by atoms with E-state index in [4.69, 9.17) is 0 Å². The number of alkyl halides is 3. The molecule has 1 aliphatic carbocycles. The molecule has 1 aliphatic rings. The van der Waals surface area contributed by atoms with E-state index >= 15 is 0 Å². The second-order valence-electron chi connectivity index (χ2n) is 4.98. The summed E-state index contributed by atoms with van der Waals surface area (Å²) in [7, 11) is 0. The van der Waals surface area contributed by atoms with Crippen LogP contribution in [0.5, 0.6) is 5.75 Å². The highest BCUT2D eigenvalue weighted by Gasteiger charge is 2.41. The lowest BCUT2D eigenvalue weighted by molar-refractivity contribution is -0.274. The summed E-state index contributed by atoms with van der Waals surface area (Å²) < 4.78 is 53.3. The lowest BCUT2D eigenvalue weighted by Gasteiger charge is -2.10. The van der Waals surface area contributed by atoms with E-state index in [0.717, 1.165) is 12.5 Å². The minimum Gasteiger partial charge on any atom is -0.406 e. The predicted octanol–water partition coefficient (Wildman–Crippen LogP) is 4.48. The van der Waals surface area contributed by atoms with Crippen LogP contribution in [0.25, 0.3) is 0 Å². The van der Waals surface area contributed by atoms with Crippen molar-refractivity contribution in [1.82, 2.24) is 0 Å². The third-order valence-corrected chi connectivity index (χ3v) is 3.30. The van der Waals surface area contributed by atoms with E-state index in [9.17, 15) is 17.6 Å². The van der Waals surface area contributed by atoms with Crippen LogP contribution >= 0.6 is 0 Å². The molecule has 0 heterocycles. The summed E-state index contributed by atoms with van der Waals surface area (Å²) in [5, 5.41) is 0. The smallest absolute Gasteiger partial charge is 0.406 e. The topological polar surface area (TPSA) is 9.23 Å². The Hall–Kier alpha value is -1.26. The molecule has 0 bridgehead atoms. The second-order valence-corrected chi connectivity index (χ2v) is 4.98. The van der Waals surface area contributed by atoms with Crippen molar-refractivity contribution < 1.29 is 22.3 Å². The first kappa shape index (κ1) is 13.2. The molecule has 0 amide bonds. The van der Waals surface area contributed by atoms with Crippen LogP contribution in [0.15, 0.2) is 18.2 Å². The van der Waals surface area contributed by atoms with Crippen LogP contribution < -0.4 is 4.74 Å². The van der Waals surface area contributed by atoms with Gasteiger partial charge in [0.2, 0.25) is 0 Å². The van der Waals surface area contributed by atoms with E-state index in [1.807, 2.05) is 0 Å². The van der Waals surface area contributed by atoms with Gasteiger partial charge in [0.1, 0.15) is 11.6 Å². The van der Waals surface area contributed by atoms with Gasteiger partial charge in [0, 0.05) is 6.07 Å². The van der Waals surface area contributed by atoms with Gasteiger partial charge in [-0.25, -0.2) is 4.39 Å². The zero-order valence-corrected chi connectivity index (χ0v) is 10.1. The molecule has 2 atom stereocenters. The Morgan fingerprint density at radius 1 is 1.28 bits per heavy atom. The summed E-state index contributed by atoms with van der Waals surface area (Å²) in [5.41, 5.74) is 0.489. The van der Waals surface area contributed by atoms with E-state index in [2.05, 4.69) is 18.6 Å². The van der Waals surface area contributed by atoms with Crippen LogP contribution in [0.2, 0.25) is 0 Å². The number of halogens is 4. The molecule has 18 heavy (non-hydrogen) atoms. The van der Waals surface area contributed by atoms with Gasteiger partial charge < -0.3 is 4.74 Å². The summed E-state index contributed by atoms with van der Waals surface area (Å²) in [6, 6.07) is 3.36.